The minimum absolute atomic E-state index is 0.126. The van der Waals surface area contributed by atoms with Crippen LogP contribution in [0.4, 0.5) is 17.5 Å². The highest BCUT2D eigenvalue weighted by molar-refractivity contribution is 5.95. The van der Waals surface area contributed by atoms with Crippen LogP contribution in [0.3, 0.4) is 0 Å². The SMILES string of the molecule is CCOC(=O)c1cnc(NC(C)c2cn(C)nc2C)nc1Nc1cccc(-c2nnc(C)o2)c1OC. The molecule has 4 aromatic rings. The lowest BCUT2D eigenvalue weighted by Crippen LogP contribution is -2.14. The molecule has 0 saturated heterocycles. The second kappa shape index (κ2) is 10.4. The highest BCUT2D eigenvalue weighted by atomic mass is 16.5. The molecule has 36 heavy (non-hydrogen) atoms. The molecule has 0 spiro atoms. The van der Waals surface area contributed by atoms with E-state index in [0.29, 0.717) is 34.7 Å². The van der Waals surface area contributed by atoms with Gasteiger partial charge < -0.3 is 24.5 Å². The van der Waals surface area contributed by atoms with Crippen LogP contribution in [0.2, 0.25) is 0 Å². The number of benzene rings is 1. The van der Waals surface area contributed by atoms with Gasteiger partial charge in [0.2, 0.25) is 11.8 Å². The van der Waals surface area contributed by atoms with Crippen molar-refractivity contribution in [2.75, 3.05) is 24.4 Å². The van der Waals surface area contributed by atoms with Crippen LogP contribution >= 0.6 is 0 Å². The Kier molecular flexibility index (Phi) is 7.13. The quantitative estimate of drug-likeness (QED) is 0.328. The van der Waals surface area contributed by atoms with Crippen LogP contribution in [0.25, 0.3) is 11.5 Å². The molecular formula is C24H28N8O4. The molecule has 1 aromatic carbocycles. The number of esters is 1. The minimum atomic E-state index is -0.551. The molecule has 0 radical (unpaired) electrons. The first kappa shape index (κ1) is 24.6. The molecule has 0 aliphatic heterocycles. The van der Waals surface area contributed by atoms with Gasteiger partial charge in [0.15, 0.2) is 11.6 Å². The molecule has 12 heteroatoms. The summed E-state index contributed by atoms with van der Waals surface area (Å²) in [7, 11) is 3.40. The number of aryl methyl sites for hydroxylation is 3. The van der Waals surface area contributed by atoms with Gasteiger partial charge in [-0.3, -0.25) is 4.68 Å². The maximum Gasteiger partial charge on any atom is 0.343 e. The standard InChI is InChI=1S/C24H28N8O4/c1-7-35-23(33)17-11-25-24(26-13(2)18-12-32(5)31-14(18)3)28-21(17)27-19-10-8-9-16(20(19)34-6)22-30-29-15(4)36-22/h8-13H,7H2,1-6H3,(H2,25,26,27,28). The van der Waals surface area contributed by atoms with Gasteiger partial charge in [-0.05, 0) is 32.9 Å². The molecule has 3 aromatic heterocycles. The summed E-state index contributed by atoms with van der Waals surface area (Å²) in [6, 6.07) is 5.27. The summed E-state index contributed by atoms with van der Waals surface area (Å²) in [6.07, 6.45) is 3.37. The van der Waals surface area contributed by atoms with Gasteiger partial charge in [-0.2, -0.15) is 10.1 Å². The highest BCUT2D eigenvalue weighted by Crippen LogP contribution is 2.37. The number of methoxy groups -OCH3 is 1. The summed E-state index contributed by atoms with van der Waals surface area (Å²) >= 11 is 0. The van der Waals surface area contributed by atoms with Crippen molar-refractivity contribution in [2.24, 2.45) is 7.05 Å². The average molecular weight is 493 g/mol. The van der Waals surface area contributed by atoms with Gasteiger partial charge in [0.05, 0.1) is 36.7 Å². The molecule has 0 fully saturated rings. The number of para-hydroxylation sites is 1. The number of carbonyl (C=O) groups is 1. The van der Waals surface area contributed by atoms with E-state index in [4.69, 9.17) is 13.9 Å². The lowest BCUT2D eigenvalue weighted by Gasteiger charge is -2.17. The van der Waals surface area contributed by atoms with E-state index in [1.54, 1.807) is 36.7 Å². The Hall–Kier alpha value is -4.48. The van der Waals surface area contributed by atoms with Crippen molar-refractivity contribution in [1.82, 2.24) is 29.9 Å². The molecule has 4 rings (SSSR count). The Morgan fingerprint density at radius 3 is 2.69 bits per heavy atom. The fraction of sp³-hybridized carbons (Fsp3) is 0.333. The third-order valence-electron chi connectivity index (χ3n) is 5.38. The lowest BCUT2D eigenvalue weighted by atomic mass is 10.1. The average Bonchev–Trinajstić information content (AvgIpc) is 3.43. The third kappa shape index (κ3) is 5.11. The second-order valence-corrected chi connectivity index (χ2v) is 8.02. The van der Waals surface area contributed by atoms with E-state index in [1.165, 1.54) is 13.3 Å². The number of carbonyl (C=O) groups excluding carboxylic acids is 1. The maximum atomic E-state index is 12.7. The largest absolute Gasteiger partial charge is 0.494 e. The summed E-state index contributed by atoms with van der Waals surface area (Å²) in [5, 5.41) is 18.8. The van der Waals surface area contributed by atoms with Gasteiger partial charge in [-0.25, -0.2) is 9.78 Å². The van der Waals surface area contributed by atoms with Gasteiger partial charge in [0, 0.05) is 31.9 Å². The van der Waals surface area contributed by atoms with Crippen molar-refractivity contribution in [1.29, 1.82) is 0 Å². The Labute approximate surface area is 208 Å². The monoisotopic (exact) mass is 492 g/mol. The van der Waals surface area contributed by atoms with Crippen molar-refractivity contribution >= 4 is 23.4 Å². The topological polar surface area (TPSA) is 142 Å². The molecule has 0 aliphatic carbocycles. The Bertz CT molecular complexity index is 1380. The molecule has 0 bridgehead atoms. The van der Waals surface area contributed by atoms with Gasteiger partial charge in [0.25, 0.3) is 5.89 Å². The zero-order valence-electron chi connectivity index (χ0n) is 21.0. The van der Waals surface area contributed by atoms with E-state index in [0.717, 1.165) is 11.3 Å². The molecule has 0 saturated carbocycles. The van der Waals surface area contributed by atoms with E-state index >= 15 is 0 Å². The number of hydrogen-bond donors (Lipinski definition) is 2. The molecular weight excluding hydrogens is 464 g/mol. The van der Waals surface area contributed by atoms with Crippen LogP contribution in [0.5, 0.6) is 5.75 Å². The number of ether oxygens (including phenoxy) is 2. The normalized spacial score (nSPS) is 11.7. The fourth-order valence-corrected chi connectivity index (χ4v) is 3.78. The summed E-state index contributed by atoms with van der Waals surface area (Å²) in [5.74, 6) is 1.21. The van der Waals surface area contributed by atoms with E-state index in [2.05, 4.69) is 35.9 Å². The molecule has 188 valence electrons. The van der Waals surface area contributed by atoms with E-state index < -0.39 is 5.97 Å². The van der Waals surface area contributed by atoms with E-state index in [1.807, 2.05) is 27.1 Å². The number of nitrogens with zero attached hydrogens (tertiary/aromatic N) is 6. The zero-order chi connectivity index (χ0) is 25.8. The Morgan fingerprint density at radius 2 is 2.06 bits per heavy atom. The number of rotatable bonds is 9. The van der Waals surface area contributed by atoms with Crippen molar-refractivity contribution in [2.45, 2.75) is 33.7 Å². The fourth-order valence-electron chi connectivity index (χ4n) is 3.78. The molecule has 1 atom stereocenters. The molecule has 0 amide bonds. The van der Waals surface area contributed by atoms with Gasteiger partial charge in [-0.15, -0.1) is 10.2 Å². The summed E-state index contributed by atoms with van der Waals surface area (Å²) in [4.78, 5) is 21.6. The lowest BCUT2D eigenvalue weighted by molar-refractivity contribution is 0.0526. The van der Waals surface area contributed by atoms with Crippen LogP contribution in [-0.2, 0) is 11.8 Å². The van der Waals surface area contributed by atoms with Crippen LogP contribution in [0, 0.1) is 13.8 Å². The number of nitrogens with one attached hydrogen (secondary N) is 2. The van der Waals surface area contributed by atoms with Crippen molar-refractivity contribution < 1.29 is 18.7 Å². The number of anilines is 3. The summed E-state index contributed by atoms with van der Waals surface area (Å²) < 4.78 is 18.2. The van der Waals surface area contributed by atoms with Gasteiger partial charge in [0.1, 0.15) is 5.56 Å². The van der Waals surface area contributed by atoms with Crippen molar-refractivity contribution in [3.63, 3.8) is 0 Å². The first-order valence-corrected chi connectivity index (χ1v) is 11.4. The molecule has 12 nitrogen and oxygen atoms in total. The van der Waals surface area contributed by atoms with Crippen LogP contribution in [-0.4, -0.2) is 49.6 Å². The zero-order valence-corrected chi connectivity index (χ0v) is 21.0. The predicted octanol–water partition coefficient (Wildman–Crippen LogP) is 3.98. The Morgan fingerprint density at radius 1 is 1.25 bits per heavy atom. The van der Waals surface area contributed by atoms with E-state index in [-0.39, 0.29) is 24.0 Å². The van der Waals surface area contributed by atoms with Crippen LogP contribution in [0.1, 0.15) is 47.4 Å². The van der Waals surface area contributed by atoms with E-state index in [9.17, 15) is 4.79 Å². The summed E-state index contributed by atoms with van der Waals surface area (Å²) in [6.45, 7) is 7.58. The molecule has 2 N–H and O–H groups in total. The third-order valence-corrected chi connectivity index (χ3v) is 5.38. The van der Waals surface area contributed by atoms with Gasteiger partial charge in [-0.1, -0.05) is 6.07 Å². The number of hydrogen-bond acceptors (Lipinski definition) is 11. The smallest absolute Gasteiger partial charge is 0.343 e. The van der Waals surface area contributed by atoms with Crippen molar-refractivity contribution in [3.8, 4) is 17.2 Å². The van der Waals surface area contributed by atoms with Crippen molar-refractivity contribution in [3.05, 3.63) is 53.3 Å². The minimum Gasteiger partial charge on any atom is -0.494 e. The summed E-state index contributed by atoms with van der Waals surface area (Å²) in [5.41, 5.74) is 3.21. The Balaban J connectivity index is 1.71. The maximum absolute atomic E-state index is 12.7. The first-order valence-electron chi connectivity index (χ1n) is 11.4. The number of aromatic nitrogens is 6. The highest BCUT2D eigenvalue weighted by Gasteiger charge is 2.21. The first-order chi connectivity index (χ1) is 17.3. The molecule has 0 aliphatic rings. The molecule has 3 heterocycles. The van der Waals surface area contributed by atoms with Crippen LogP contribution < -0.4 is 15.4 Å². The van der Waals surface area contributed by atoms with Gasteiger partial charge >= 0.3 is 5.97 Å². The second-order valence-electron chi connectivity index (χ2n) is 8.02. The molecule has 1 unspecified atom stereocenters. The predicted molar refractivity (Wildman–Crippen MR) is 132 cm³/mol. The van der Waals surface area contributed by atoms with Crippen LogP contribution in [0.15, 0.2) is 35.0 Å².